The topological polar surface area (TPSA) is 88.1 Å². The summed E-state index contributed by atoms with van der Waals surface area (Å²) < 4.78 is 21.1. The Kier molecular flexibility index (Phi) is 6.97. The predicted molar refractivity (Wildman–Crippen MR) is 149 cm³/mol. The standard InChI is InChI=1S/C28H29ClFN5OS/c1-5-15(4)21(23-16(9-31)27(32)37-26(23)20(30)6-2)22-19-13-36-12-18(19)17-10-33-28(34-25(17)24(22)29)35-8-7-14(3)11-35/h6,10,14H,5,7-8,11-13,32H2,1-4H3/b20-6+,21-15+. The normalized spacial score (nSPS) is 18.4. The van der Waals surface area contributed by atoms with Gasteiger partial charge in [0.25, 0.3) is 0 Å². The monoisotopic (exact) mass is 537 g/mol. The molecule has 1 fully saturated rings. The van der Waals surface area contributed by atoms with Gasteiger partial charge < -0.3 is 15.4 Å². The van der Waals surface area contributed by atoms with Crippen LogP contribution in [-0.2, 0) is 18.0 Å². The summed E-state index contributed by atoms with van der Waals surface area (Å²) in [5.74, 6) is 0.806. The maximum absolute atomic E-state index is 15.2. The lowest BCUT2D eigenvalue weighted by molar-refractivity contribution is 0.135. The van der Waals surface area contributed by atoms with Gasteiger partial charge in [-0.25, -0.2) is 14.4 Å². The summed E-state index contributed by atoms with van der Waals surface area (Å²) in [6.07, 6.45) is 5.00. The van der Waals surface area contributed by atoms with Crippen molar-refractivity contribution in [2.45, 2.75) is 53.8 Å². The summed E-state index contributed by atoms with van der Waals surface area (Å²) in [6, 6.07) is 2.22. The first kappa shape index (κ1) is 25.7. The first-order valence-electron chi connectivity index (χ1n) is 12.5. The predicted octanol–water partition coefficient (Wildman–Crippen LogP) is 7.24. The van der Waals surface area contributed by atoms with Crippen LogP contribution in [-0.4, -0.2) is 23.1 Å². The lowest BCUT2D eigenvalue weighted by Gasteiger charge is -2.21. The van der Waals surface area contributed by atoms with Gasteiger partial charge in [0.05, 0.1) is 34.2 Å². The molecule has 1 saturated heterocycles. The van der Waals surface area contributed by atoms with Crippen molar-refractivity contribution in [3.8, 4) is 6.07 Å². The Morgan fingerprint density at radius 3 is 2.78 bits per heavy atom. The summed E-state index contributed by atoms with van der Waals surface area (Å²) in [5, 5.41) is 11.7. The molecule has 1 atom stereocenters. The molecule has 5 rings (SSSR count). The van der Waals surface area contributed by atoms with E-state index in [9.17, 15) is 5.26 Å². The van der Waals surface area contributed by atoms with Gasteiger partial charge in [-0.15, -0.1) is 11.3 Å². The third kappa shape index (κ3) is 4.19. The third-order valence-corrected chi connectivity index (χ3v) is 8.76. The number of benzene rings is 1. The van der Waals surface area contributed by atoms with Crippen molar-refractivity contribution in [1.29, 1.82) is 5.26 Å². The highest BCUT2D eigenvalue weighted by Crippen LogP contribution is 2.49. The molecule has 2 aliphatic rings. The Labute approximate surface area is 225 Å². The zero-order chi connectivity index (χ0) is 26.4. The number of ether oxygens (including phenoxy) is 1. The molecule has 0 radical (unpaired) electrons. The number of nitriles is 1. The summed E-state index contributed by atoms with van der Waals surface area (Å²) in [4.78, 5) is 12.1. The number of hydrogen-bond acceptors (Lipinski definition) is 7. The second-order valence-electron chi connectivity index (χ2n) is 9.71. The summed E-state index contributed by atoms with van der Waals surface area (Å²) >= 11 is 8.31. The molecule has 37 heavy (non-hydrogen) atoms. The lowest BCUT2D eigenvalue weighted by atomic mass is 9.85. The van der Waals surface area contributed by atoms with Crippen LogP contribution in [0.4, 0.5) is 15.3 Å². The fourth-order valence-electron chi connectivity index (χ4n) is 5.26. The van der Waals surface area contributed by atoms with E-state index in [1.54, 1.807) is 6.92 Å². The Bertz CT molecular complexity index is 1520. The number of hydrogen-bond donors (Lipinski definition) is 1. The minimum absolute atomic E-state index is 0.262. The zero-order valence-corrected chi connectivity index (χ0v) is 23.0. The number of thiophene rings is 1. The Balaban J connectivity index is 1.85. The van der Waals surface area contributed by atoms with E-state index in [-0.39, 0.29) is 10.6 Å². The van der Waals surface area contributed by atoms with Gasteiger partial charge in [0, 0.05) is 35.8 Å². The fourth-order valence-corrected chi connectivity index (χ4v) is 6.60. The number of nitrogen functional groups attached to an aromatic ring is 1. The summed E-state index contributed by atoms with van der Waals surface area (Å²) in [6.45, 7) is 10.4. The van der Waals surface area contributed by atoms with Crippen LogP contribution in [0.3, 0.4) is 0 Å². The molecule has 3 aromatic rings. The number of anilines is 2. The van der Waals surface area contributed by atoms with Crippen molar-refractivity contribution in [2.75, 3.05) is 23.7 Å². The van der Waals surface area contributed by atoms with Crippen molar-refractivity contribution in [1.82, 2.24) is 9.97 Å². The smallest absolute Gasteiger partial charge is 0.225 e. The first-order chi connectivity index (χ1) is 17.8. The molecular formula is C28H29ClFN5OS. The van der Waals surface area contributed by atoms with Crippen molar-refractivity contribution in [3.63, 3.8) is 0 Å². The van der Waals surface area contributed by atoms with Crippen molar-refractivity contribution >= 4 is 56.2 Å². The van der Waals surface area contributed by atoms with Crippen molar-refractivity contribution in [3.05, 3.63) is 55.6 Å². The van der Waals surface area contributed by atoms with Gasteiger partial charge in [-0.3, -0.25) is 0 Å². The van der Waals surface area contributed by atoms with Gasteiger partial charge >= 0.3 is 0 Å². The Hall–Kier alpha value is -2.99. The molecule has 0 aliphatic carbocycles. The van der Waals surface area contributed by atoms with E-state index in [0.29, 0.717) is 52.5 Å². The Morgan fingerprint density at radius 1 is 1.38 bits per heavy atom. The molecule has 2 aromatic heterocycles. The van der Waals surface area contributed by atoms with Crippen LogP contribution in [0.2, 0.25) is 5.02 Å². The molecule has 2 N–H and O–H groups in total. The number of nitrogens with zero attached hydrogens (tertiary/aromatic N) is 4. The average Bonchev–Trinajstić information content (AvgIpc) is 3.64. The van der Waals surface area contributed by atoms with Crippen molar-refractivity contribution < 1.29 is 9.13 Å². The molecule has 0 saturated carbocycles. The van der Waals surface area contributed by atoms with E-state index in [1.807, 2.05) is 20.0 Å². The zero-order valence-electron chi connectivity index (χ0n) is 21.4. The molecule has 6 nitrogen and oxygen atoms in total. The van der Waals surface area contributed by atoms with Gasteiger partial charge in [0.2, 0.25) is 5.95 Å². The molecule has 1 unspecified atom stereocenters. The van der Waals surface area contributed by atoms with E-state index < -0.39 is 5.83 Å². The summed E-state index contributed by atoms with van der Waals surface area (Å²) in [5.41, 5.74) is 12.0. The minimum atomic E-state index is -0.424. The largest absolute Gasteiger partial charge is 0.389 e. The molecule has 1 aromatic carbocycles. The van der Waals surface area contributed by atoms with Gasteiger partial charge in [0.15, 0.2) is 0 Å². The van der Waals surface area contributed by atoms with Gasteiger partial charge in [-0.05, 0) is 49.3 Å². The number of nitrogens with two attached hydrogens (primary N) is 1. The van der Waals surface area contributed by atoms with E-state index in [1.165, 1.54) is 6.08 Å². The average molecular weight is 538 g/mol. The molecule has 192 valence electrons. The highest BCUT2D eigenvalue weighted by Gasteiger charge is 2.32. The summed E-state index contributed by atoms with van der Waals surface area (Å²) in [7, 11) is 0. The SMILES string of the molecule is C/C=C(/F)c1sc(N)c(C#N)c1/C(=C(\C)CC)c1c2c(c3cnc(N4CCC(C)C4)nc3c1Cl)COC2. The fraction of sp³-hybridized carbons (Fsp3) is 0.393. The third-order valence-electron chi connectivity index (χ3n) is 7.37. The molecular weight excluding hydrogens is 509 g/mol. The van der Waals surface area contributed by atoms with Crippen molar-refractivity contribution in [2.24, 2.45) is 5.92 Å². The Morgan fingerprint density at radius 2 is 2.14 bits per heavy atom. The molecule has 0 amide bonds. The number of aromatic nitrogens is 2. The van der Waals surface area contributed by atoms with Crippen LogP contribution in [0.1, 0.15) is 73.2 Å². The van der Waals surface area contributed by atoms with Crippen LogP contribution in [0.15, 0.2) is 17.8 Å². The van der Waals surface area contributed by atoms with E-state index in [0.717, 1.165) is 64.1 Å². The second-order valence-corrected chi connectivity index (χ2v) is 11.1. The number of halogens is 2. The first-order valence-corrected chi connectivity index (χ1v) is 13.7. The van der Waals surface area contributed by atoms with Gasteiger partial charge in [-0.1, -0.05) is 37.1 Å². The molecule has 0 spiro atoms. The van der Waals surface area contributed by atoms with E-state index >= 15 is 4.39 Å². The molecule has 9 heteroatoms. The maximum atomic E-state index is 15.2. The maximum Gasteiger partial charge on any atom is 0.225 e. The van der Waals surface area contributed by atoms with Crippen LogP contribution >= 0.6 is 22.9 Å². The minimum Gasteiger partial charge on any atom is -0.389 e. The quantitative estimate of drug-likeness (QED) is 0.369. The molecule has 4 heterocycles. The highest BCUT2D eigenvalue weighted by molar-refractivity contribution is 7.17. The van der Waals surface area contributed by atoms with Crippen LogP contribution in [0.25, 0.3) is 22.3 Å². The lowest BCUT2D eigenvalue weighted by Crippen LogP contribution is -2.21. The van der Waals surface area contributed by atoms with Crippen LogP contribution < -0.4 is 10.6 Å². The number of fused-ring (bicyclic) bond motifs is 3. The van der Waals surface area contributed by atoms with E-state index in [4.69, 9.17) is 27.1 Å². The van der Waals surface area contributed by atoms with Gasteiger partial charge in [0.1, 0.15) is 16.9 Å². The van der Waals surface area contributed by atoms with Crippen LogP contribution in [0.5, 0.6) is 0 Å². The van der Waals surface area contributed by atoms with Crippen LogP contribution in [0, 0.1) is 17.2 Å². The number of rotatable bonds is 5. The second kappa shape index (κ2) is 10.1. The number of allylic oxidation sites excluding steroid dienone is 2. The molecule has 0 bridgehead atoms. The van der Waals surface area contributed by atoms with E-state index in [2.05, 4.69) is 22.9 Å². The highest BCUT2D eigenvalue weighted by atomic mass is 35.5. The molecule has 2 aliphatic heterocycles. The van der Waals surface area contributed by atoms with Gasteiger partial charge in [-0.2, -0.15) is 5.26 Å².